The fourth-order valence-corrected chi connectivity index (χ4v) is 2.36. The fraction of sp³-hybridized carbons (Fsp3) is 0.500. The lowest BCUT2D eigenvalue weighted by molar-refractivity contribution is -0.121. The number of aromatic nitrogens is 1. The maximum atomic E-state index is 11.6. The molecular formula is C16H20N2O2. The summed E-state index contributed by atoms with van der Waals surface area (Å²) in [5, 5.41) is 2.83. The number of carbonyl (C=O) groups excluding carboxylic acids is 1. The number of nitrogens with one attached hydrogen (secondary N) is 1. The summed E-state index contributed by atoms with van der Waals surface area (Å²) in [4.78, 5) is 15.6. The van der Waals surface area contributed by atoms with E-state index in [9.17, 15) is 4.79 Å². The molecule has 1 amide bonds. The van der Waals surface area contributed by atoms with Crippen LogP contribution in [0.5, 0.6) is 5.75 Å². The fourth-order valence-electron chi connectivity index (χ4n) is 2.36. The van der Waals surface area contributed by atoms with Crippen molar-refractivity contribution < 1.29 is 9.53 Å². The molecule has 1 fully saturated rings. The van der Waals surface area contributed by atoms with E-state index in [0.29, 0.717) is 31.2 Å². The van der Waals surface area contributed by atoms with E-state index in [2.05, 4.69) is 22.1 Å². The van der Waals surface area contributed by atoms with Gasteiger partial charge < -0.3 is 10.1 Å². The normalized spacial score (nSPS) is 14.4. The van der Waals surface area contributed by atoms with Crippen LogP contribution in [0.4, 0.5) is 0 Å². The lowest BCUT2D eigenvalue weighted by atomic mass is 10.0. The number of ether oxygens (including phenoxy) is 1. The minimum Gasteiger partial charge on any atom is -0.479 e. The quantitative estimate of drug-likeness (QED) is 0.836. The highest BCUT2D eigenvalue weighted by Gasteiger charge is 2.17. The minimum absolute atomic E-state index is 0.111. The molecule has 0 radical (unpaired) electrons. The standard InChI is InChI=1S/C16H20N2O2/c19-16(12-14-6-1-2-7-14)18-10-3-4-11-20-15-8-5-9-17-13-15/h5,8-9,13-14H,1-2,6-7,10-12H2,(H,18,19). The van der Waals surface area contributed by atoms with Crippen LogP contribution in [0.3, 0.4) is 0 Å². The van der Waals surface area contributed by atoms with Crippen molar-refractivity contribution >= 4 is 5.91 Å². The van der Waals surface area contributed by atoms with Crippen LogP contribution in [-0.2, 0) is 4.79 Å². The Balaban J connectivity index is 1.56. The molecule has 0 saturated heterocycles. The molecule has 0 atom stereocenters. The van der Waals surface area contributed by atoms with Gasteiger partial charge >= 0.3 is 0 Å². The molecule has 1 aromatic heterocycles. The Hall–Kier alpha value is -2.02. The molecule has 1 heterocycles. The monoisotopic (exact) mass is 272 g/mol. The molecule has 106 valence electrons. The minimum atomic E-state index is 0.111. The van der Waals surface area contributed by atoms with Gasteiger partial charge in [-0.25, -0.2) is 0 Å². The van der Waals surface area contributed by atoms with Gasteiger partial charge in [0.15, 0.2) is 0 Å². The molecule has 0 unspecified atom stereocenters. The van der Waals surface area contributed by atoms with Gasteiger partial charge in [-0.15, -0.1) is 0 Å². The number of pyridine rings is 1. The topological polar surface area (TPSA) is 51.2 Å². The Bertz CT molecular complexity index is 470. The summed E-state index contributed by atoms with van der Waals surface area (Å²) >= 11 is 0. The zero-order chi connectivity index (χ0) is 14.0. The van der Waals surface area contributed by atoms with E-state index in [-0.39, 0.29) is 5.91 Å². The Labute approximate surface area is 119 Å². The van der Waals surface area contributed by atoms with Crippen molar-refractivity contribution in [2.24, 2.45) is 5.92 Å². The van der Waals surface area contributed by atoms with E-state index in [1.807, 2.05) is 12.1 Å². The van der Waals surface area contributed by atoms with Gasteiger partial charge in [0.05, 0.1) is 12.7 Å². The average Bonchev–Trinajstić information content (AvgIpc) is 2.96. The molecule has 1 aliphatic carbocycles. The van der Waals surface area contributed by atoms with Crippen LogP contribution < -0.4 is 10.1 Å². The van der Waals surface area contributed by atoms with Gasteiger partial charge in [-0.2, -0.15) is 0 Å². The highest BCUT2D eigenvalue weighted by molar-refractivity contribution is 5.76. The number of carbonyl (C=O) groups is 1. The second-order valence-corrected chi connectivity index (χ2v) is 4.96. The molecule has 4 nitrogen and oxygen atoms in total. The maximum Gasteiger partial charge on any atom is 0.221 e. The molecule has 1 N–H and O–H groups in total. The predicted molar refractivity (Wildman–Crippen MR) is 77.1 cm³/mol. The van der Waals surface area contributed by atoms with E-state index >= 15 is 0 Å². The molecule has 0 aromatic carbocycles. The summed E-state index contributed by atoms with van der Waals surface area (Å²) in [6, 6.07) is 3.64. The first-order valence-electron chi connectivity index (χ1n) is 7.10. The van der Waals surface area contributed by atoms with E-state index in [0.717, 1.165) is 0 Å². The van der Waals surface area contributed by atoms with Crippen molar-refractivity contribution in [1.29, 1.82) is 0 Å². The Kier molecular flexibility index (Phi) is 5.91. The molecule has 1 aromatic rings. The molecule has 4 heteroatoms. The molecular weight excluding hydrogens is 252 g/mol. The van der Waals surface area contributed by atoms with Gasteiger partial charge in [-0.1, -0.05) is 24.7 Å². The van der Waals surface area contributed by atoms with Crippen molar-refractivity contribution in [3.63, 3.8) is 0 Å². The Morgan fingerprint density at radius 3 is 3.00 bits per heavy atom. The summed E-state index contributed by atoms with van der Waals surface area (Å²) in [5.74, 6) is 7.14. The highest BCUT2D eigenvalue weighted by Crippen LogP contribution is 2.27. The third-order valence-corrected chi connectivity index (χ3v) is 3.39. The molecule has 1 saturated carbocycles. The number of hydrogen-bond donors (Lipinski definition) is 1. The van der Waals surface area contributed by atoms with Crippen molar-refractivity contribution in [2.45, 2.75) is 32.1 Å². The molecule has 0 aliphatic heterocycles. The zero-order valence-electron chi connectivity index (χ0n) is 11.6. The van der Waals surface area contributed by atoms with Crippen molar-refractivity contribution in [2.75, 3.05) is 13.2 Å². The van der Waals surface area contributed by atoms with Gasteiger partial charge in [0, 0.05) is 12.6 Å². The number of rotatable bonds is 5. The Morgan fingerprint density at radius 1 is 1.40 bits per heavy atom. The lowest BCUT2D eigenvalue weighted by Gasteiger charge is -2.07. The summed E-state index contributed by atoms with van der Waals surface area (Å²) in [7, 11) is 0. The van der Waals surface area contributed by atoms with E-state index in [4.69, 9.17) is 4.74 Å². The molecule has 1 aliphatic rings. The maximum absolute atomic E-state index is 11.6. The van der Waals surface area contributed by atoms with Crippen LogP contribution >= 0.6 is 0 Å². The predicted octanol–water partition coefficient (Wildman–Crippen LogP) is 2.16. The van der Waals surface area contributed by atoms with Crippen molar-refractivity contribution in [3.8, 4) is 17.6 Å². The van der Waals surface area contributed by atoms with Crippen LogP contribution in [0.1, 0.15) is 32.1 Å². The van der Waals surface area contributed by atoms with Crippen LogP contribution in [0.2, 0.25) is 0 Å². The second kappa shape index (κ2) is 8.21. The third kappa shape index (κ3) is 5.31. The molecule has 2 rings (SSSR count). The largest absolute Gasteiger partial charge is 0.479 e. The second-order valence-electron chi connectivity index (χ2n) is 4.96. The number of amides is 1. The van der Waals surface area contributed by atoms with Crippen LogP contribution in [-0.4, -0.2) is 24.0 Å². The van der Waals surface area contributed by atoms with Gasteiger partial charge in [0.1, 0.15) is 12.4 Å². The summed E-state index contributed by atoms with van der Waals surface area (Å²) in [6.45, 7) is 0.701. The number of hydrogen-bond acceptors (Lipinski definition) is 3. The van der Waals surface area contributed by atoms with Gasteiger partial charge in [-0.3, -0.25) is 9.78 Å². The van der Waals surface area contributed by atoms with Gasteiger partial charge in [0.25, 0.3) is 0 Å². The Morgan fingerprint density at radius 2 is 2.25 bits per heavy atom. The molecule has 0 bridgehead atoms. The highest BCUT2D eigenvalue weighted by atomic mass is 16.5. The van der Waals surface area contributed by atoms with Gasteiger partial charge in [0.2, 0.25) is 5.91 Å². The van der Waals surface area contributed by atoms with E-state index in [1.165, 1.54) is 25.7 Å². The van der Waals surface area contributed by atoms with Crippen molar-refractivity contribution in [1.82, 2.24) is 10.3 Å². The van der Waals surface area contributed by atoms with Gasteiger partial charge in [-0.05, 0) is 30.9 Å². The SMILES string of the molecule is O=C(CC1CCCC1)NCC#CCOc1cccnc1. The zero-order valence-corrected chi connectivity index (χ0v) is 11.6. The first-order chi connectivity index (χ1) is 9.84. The average molecular weight is 272 g/mol. The van der Waals surface area contributed by atoms with Crippen LogP contribution in [0.15, 0.2) is 24.5 Å². The van der Waals surface area contributed by atoms with Crippen molar-refractivity contribution in [3.05, 3.63) is 24.5 Å². The number of nitrogens with zero attached hydrogens (tertiary/aromatic N) is 1. The lowest BCUT2D eigenvalue weighted by Crippen LogP contribution is -2.25. The third-order valence-electron chi connectivity index (χ3n) is 3.39. The van der Waals surface area contributed by atoms with E-state index in [1.54, 1.807) is 12.4 Å². The van der Waals surface area contributed by atoms with Crippen LogP contribution in [0, 0.1) is 17.8 Å². The first kappa shape index (κ1) is 14.4. The molecule has 0 spiro atoms. The summed E-state index contributed by atoms with van der Waals surface area (Å²) in [6.07, 6.45) is 8.90. The summed E-state index contributed by atoms with van der Waals surface area (Å²) < 4.78 is 5.37. The smallest absolute Gasteiger partial charge is 0.221 e. The molecule has 20 heavy (non-hydrogen) atoms. The first-order valence-corrected chi connectivity index (χ1v) is 7.10. The summed E-state index contributed by atoms with van der Waals surface area (Å²) in [5.41, 5.74) is 0. The van der Waals surface area contributed by atoms with Crippen LogP contribution in [0.25, 0.3) is 0 Å². The van der Waals surface area contributed by atoms with E-state index < -0.39 is 0 Å².